The maximum atomic E-state index is 11.9. The molecule has 0 unspecified atom stereocenters. The van der Waals surface area contributed by atoms with E-state index in [1.165, 1.54) is 0 Å². The Balaban J connectivity index is 1.42. The van der Waals surface area contributed by atoms with Crippen LogP contribution in [0.1, 0.15) is 18.5 Å². The largest absolute Gasteiger partial charge is 0.354 e. The van der Waals surface area contributed by atoms with Crippen molar-refractivity contribution in [1.29, 1.82) is 0 Å². The number of guanidine groups is 1. The third-order valence-corrected chi connectivity index (χ3v) is 5.60. The highest BCUT2D eigenvalue weighted by Crippen LogP contribution is 2.19. The molecule has 3 rings (SSSR count). The molecule has 1 aliphatic heterocycles. The van der Waals surface area contributed by atoms with E-state index in [9.17, 15) is 4.79 Å². The van der Waals surface area contributed by atoms with Gasteiger partial charge in [0.05, 0.1) is 18.8 Å². The lowest BCUT2D eigenvalue weighted by Crippen LogP contribution is -2.54. The van der Waals surface area contributed by atoms with Gasteiger partial charge in [-0.05, 0) is 12.8 Å². The van der Waals surface area contributed by atoms with E-state index in [1.54, 1.807) is 11.3 Å². The monoisotopic (exact) mass is 379 g/mol. The number of hydrogen-bond donors (Lipinski definition) is 2. The number of piperazine rings is 1. The van der Waals surface area contributed by atoms with Gasteiger partial charge in [-0.1, -0.05) is 0 Å². The van der Waals surface area contributed by atoms with Crippen molar-refractivity contribution in [1.82, 2.24) is 25.4 Å². The molecule has 1 aromatic heterocycles. The topological polar surface area (TPSA) is 76.1 Å². The number of aliphatic imine (C=N–C) groups is 1. The summed E-state index contributed by atoms with van der Waals surface area (Å²) in [6, 6.07) is 0.436. The predicted octanol–water partition coefficient (Wildman–Crippen LogP) is 0.181. The Kier molecular flexibility index (Phi) is 6.31. The fourth-order valence-corrected chi connectivity index (χ4v) is 3.66. The summed E-state index contributed by atoms with van der Waals surface area (Å²) in [7, 11) is 5.81. The van der Waals surface area contributed by atoms with E-state index in [-0.39, 0.29) is 5.91 Å². The van der Waals surface area contributed by atoms with Gasteiger partial charge in [-0.15, -0.1) is 11.3 Å². The van der Waals surface area contributed by atoms with Gasteiger partial charge in [0, 0.05) is 58.7 Å². The van der Waals surface area contributed by atoms with Crippen molar-refractivity contribution in [3.63, 3.8) is 0 Å². The molecule has 1 saturated carbocycles. The lowest BCUT2D eigenvalue weighted by atomic mass is 10.3. The first-order chi connectivity index (χ1) is 12.5. The van der Waals surface area contributed by atoms with Gasteiger partial charge in [-0.25, -0.2) is 4.98 Å². The fourth-order valence-electron chi connectivity index (χ4n) is 2.91. The molecule has 0 spiro atoms. The number of thiazole rings is 1. The Hall–Kier alpha value is -1.87. The summed E-state index contributed by atoms with van der Waals surface area (Å²) in [5.74, 6) is 1.05. The molecular formula is C17H29N7OS. The molecule has 0 atom stereocenters. The van der Waals surface area contributed by atoms with Gasteiger partial charge < -0.3 is 20.4 Å². The first-order valence-electron chi connectivity index (χ1n) is 9.14. The Morgan fingerprint density at radius 1 is 1.35 bits per heavy atom. The molecule has 2 aliphatic rings. The standard InChI is InChI=1S/C17H29N7OS/c1-18-16(19-10-14-12-26-17(21-14)22(2)3)24-8-6-23(7-9-24)11-15(25)20-13-4-5-13/h12-13H,4-11H2,1-3H3,(H,18,19)(H,20,25). The van der Waals surface area contributed by atoms with Crippen LogP contribution in [-0.2, 0) is 11.3 Å². The number of carbonyl (C=O) groups is 1. The summed E-state index contributed by atoms with van der Waals surface area (Å²) in [5.41, 5.74) is 1.02. The van der Waals surface area contributed by atoms with Crippen molar-refractivity contribution >= 4 is 28.3 Å². The van der Waals surface area contributed by atoms with Crippen LogP contribution in [0.15, 0.2) is 10.4 Å². The second kappa shape index (κ2) is 8.68. The summed E-state index contributed by atoms with van der Waals surface area (Å²) in [4.78, 5) is 27.4. The van der Waals surface area contributed by atoms with Crippen LogP contribution in [0.4, 0.5) is 5.13 Å². The van der Waals surface area contributed by atoms with Crippen LogP contribution in [0.2, 0.25) is 0 Å². The van der Waals surface area contributed by atoms with Gasteiger partial charge in [0.25, 0.3) is 0 Å². The van der Waals surface area contributed by atoms with E-state index >= 15 is 0 Å². The maximum Gasteiger partial charge on any atom is 0.234 e. The average molecular weight is 380 g/mol. The van der Waals surface area contributed by atoms with Gasteiger partial charge in [0.15, 0.2) is 11.1 Å². The summed E-state index contributed by atoms with van der Waals surface area (Å²) in [5, 5.41) is 9.54. The van der Waals surface area contributed by atoms with Crippen molar-refractivity contribution < 1.29 is 4.79 Å². The number of hydrogen-bond acceptors (Lipinski definition) is 6. The average Bonchev–Trinajstić information content (AvgIpc) is 3.29. The molecular weight excluding hydrogens is 350 g/mol. The third kappa shape index (κ3) is 5.31. The molecule has 0 bridgehead atoms. The van der Waals surface area contributed by atoms with Crippen molar-refractivity contribution in [2.24, 2.45) is 4.99 Å². The van der Waals surface area contributed by atoms with E-state index in [1.807, 2.05) is 26.0 Å². The van der Waals surface area contributed by atoms with E-state index in [2.05, 4.69) is 35.8 Å². The number of amides is 1. The quantitative estimate of drug-likeness (QED) is 0.543. The lowest BCUT2D eigenvalue weighted by Gasteiger charge is -2.36. The molecule has 8 nitrogen and oxygen atoms in total. The van der Waals surface area contributed by atoms with E-state index in [0.717, 1.165) is 55.8 Å². The van der Waals surface area contributed by atoms with Crippen LogP contribution >= 0.6 is 11.3 Å². The molecule has 2 heterocycles. The number of rotatable bonds is 6. The molecule has 1 aromatic rings. The molecule has 9 heteroatoms. The number of nitrogens with zero attached hydrogens (tertiary/aromatic N) is 5. The Morgan fingerprint density at radius 2 is 2.08 bits per heavy atom. The lowest BCUT2D eigenvalue weighted by molar-refractivity contribution is -0.122. The molecule has 1 saturated heterocycles. The zero-order chi connectivity index (χ0) is 18.5. The Morgan fingerprint density at radius 3 is 2.65 bits per heavy atom. The molecule has 1 aliphatic carbocycles. The number of anilines is 1. The highest BCUT2D eigenvalue weighted by Gasteiger charge is 2.25. The van der Waals surface area contributed by atoms with Crippen molar-refractivity contribution in [2.75, 3.05) is 58.8 Å². The van der Waals surface area contributed by atoms with E-state index in [4.69, 9.17) is 0 Å². The SMILES string of the molecule is CN=C(NCc1csc(N(C)C)n1)N1CCN(CC(=O)NC2CC2)CC1. The minimum Gasteiger partial charge on any atom is -0.354 e. The summed E-state index contributed by atoms with van der Waals surface area (Å²) < 4.78 is 0. The van der Waals surface area contributed by atoms with Gasteiger partial charge in [-0.2, -0.15) is 0 Å². The second-order valence-electron chi connectivity index (χ2n) is 7.02. The van der Waals surface area contributed by atoms with E-state index < -0.39 is 0 Å². The van der Waals surface area contributed by atoms with Crippen molar-refractivity contribution in [3.8, 4) is 0 Å². The number of aromatic nitrogens is 1. The van der Waals surface area contributed by atoms with Gasteiger partial charge in [0.2, 0.25) is 5.91 Å². The van der Waals surface area contributed by atoms with Crippen LogP contribution in [-0.4, -0.2) is 86.6 Å². The zero-order valence-electron chi connectivity index (χ0n) is 15.9. The summed E-state index contributed by atoms with van der Waals surface area (Å²) in [6.07, 6.45) is 2.27. The van der Waals surface area contributed by atoms with Gasteiger partial charge in [-0.3, -0.25) is 14.7 Å². The highest BCUT2D eigenvalue weighted by molar-refractivity contribution is 7.13. The molecule has 2 N–H and O–H groups in total. The van der Waals surface area contributed by atoms with Crippen molar-refractivity contribution in [2.45, 2.75) is 25.4 Å². The molecule has 0 aromatic carbocycles. The molecule has 144 valence electrons. The maximum absolute atomic E-state index is 11.9. The Bertz CT molecular complexity index is 633. The second-order valence-corrected chi connectivity index (χ2v) is 7.86. The predicted molar refractivity (Wildman–Crippen MR) is 106 cm³/mol. The first kappa shape index (κ1) is 18.9. The number of nitrogens with one attached hydrogen (secondary N) is 2. The normalized spacial score (nSPS) is 18.7. The molecule has 2 fully saturated rings. The first-order valence-corrected chi connectivity index (χ1v) is 10.0. The zero-order valence-corrected chi connectivity index (χ0v) is 16.7. The van der Waals surface area contributed by atoms with Gasteiger partial charge >= 0.3 is 0 Å². The highest BCUT2D eigenvalue weighted by atomic mass is 32.1. The van der Waals surface area contributed by atoms with Crippen LogP contribution in [0.5, 0.6) is 0 Å². The van der Waals surface area contributed by atoms with E-state index in [0.29, 0.717) is 19.1 Å². The number of carbonyl (C=O) groups excluding carboxylic acids is 1. The van der Waals surface area contributed by atoms with Crippen LogP contribution in [0.25, 0.3) is 0 Å². The Labute approximate surface area is 159 Å². The fraction of sp³-hybridized carbons (Fsp3) is 0.706. The smallest absolute Gasteiger partial charge is 0.234 e. The summed E-state index contributed by atoms with van der Waals surface area (Å²) >= 11 is 1.64. The minimum atomic E-state index is 0.156. The molecule has 1 amide bonds. The molecule has 0 radical (unpaired) electrons. The molecule has 26 heavy (non-hydrogen) atoms. The van der Waals surface area contributed by atoms with Crippen molar-refractivity contribution in [3.05, 3.63) is 11.1 Å². The third-order valence-electron chi connectivity index (χ3n) is 4.54. The van der Waals surface area contributed by atoms with Crippen LogP contribution in [0.3, 0.4) is 0 Å². The van der Waals surface area contributed by atoms with Gasteiger partial charge in [0.1, 0.15) is 0 Å². The minimum absolute atomic E-state index is 0.156. The van der Waals surface area contributed by atoms with Crippen LogP contribution < -0.4 is 15.5 Å². The van der Waals surface area contributed by atoms with Crippen LogP contribution in [0, 0.1) is 0 Å². The summed E-state index contributed by atoms with van der Waals surface area (Å²) in [6.45, 7) is 4.66.